The van der Waals surface area contributed by atoms with Gasteiger partial charge in [-0.25, -0.2) is 0 Å². The fourth-order valence-electron chi connectivity index (χ4n) is 4.09. The zero-order valence-electron chi connectivity index (χ0n) is 14.3. The average molecular weight is 338 g/mol. The molecule has 3 heterocycles. The van der Waals surface area contributed by atoms with E-state index in [2.05, 4.69) is 10.2 Å². The van der Waals surface area contributed by atoms with Crippen molar-refractivity contribution < 1.29 is 9.59 Å². The SMILES string of the molecule is CN1C(=O)CCC(C(=O)N2CCCc3[nH]ncc32)C1c1ccccc1. The van der Waals surface area contributed by atoms with Crippen LogP contribution in [0.25, 0.3) is 0 Å². The first-order chi connectivity index (χ1) is 12.2. The summed E-state index contributed by atoms with van der Waals surface area (Å²) >= 11 is 0. The first kappa shape index (κ1) is 15.9. The molecule has 25 heavy (non-hydrogen) atoms. The Bertz CT molecular complexity index is 786. The molecule has 0 aliphatic carbocycles. The fraction of sp³-hybridized carbons (Fsp3) is 0.421. The van der Waals surface area contributed by atoms with Crippen molar-refractivity contribution >= 4 is 17.5 Å². The summed E-state index contributed by atoms with van der Waals surface area (Å²) in [5, 5.41) is 7.10. The number of nitrogens with one attached hydrogen (secondary N) is 1. The van der Waals surface area contributed by atoms with E-state index in [-0.39, 0.29) is 23.8 Å². The molecule has 2 aliphatic rings. The molecule has 0 radical (unpaired) electrons. The van der Waals surface area contributed by atoms with Gasteiger partial charge in [0.05, 0.1) is 29.5 Å². The van der Waals surface area contributed by atoms with Gasteiger partial charge in [0.2, 0.25) is 11.8 Å². The van der Waals surface area contributed by atoms with Crippen LogP contribution < -0.4 is 4.90 Å². The summed E-state index contributed by atoms with van der Waals surface area (Å²) in [6, 6.07) is 9.65. The number of nitrogens with zero attached hydrogens (tertiary/aromatic N) is 3. The van der Waals surface area contributed by atoms with Crippen LogP contribution in [0.15, 0.2) is 36.5 Å². The second-order valence-corrected chi connectivity index (χ2v) is 6.83. The van der Waals surface area contributed by atoms with E-state index in [1.165, 1.54) is 0 Å². The van der Waals surface area contributed by atoms with Gasteiger partial charge in [0.1, 0.15) is 0 Å². The lowest BCUT2D eigenvalue weighted by atomic mass is 9.83. The predicted molar refractivity (Wildman–Crippen MR) is 93.9 cm³/mol. The Balaban J connectivity index is 1.68. The van der Waals surface area contributed by atoms with Gasteiger partial charge < -0.3 is 9.80 Å². The number of aromatic amines is 1. The third-order valence-corrected chi connectivity index (χ3v) is 5.38. The van der Waals surface area contributed by atoms with Crippen LogP contribution in [0.2, 0.25) is 0 Å². The molecule has 130 valence electrons. The normalized spacial score (nSPS) is 23.5. The topological polar surface area (TPSA) is 69.3 Å². The van der Waals surface area contributed by atoms with Gasteiger partial charge in [0.25, 0.3) is 0 Å². The van der Waals surface area contributed by atoms with E-state index in [9.17, 15) is 9.59 Å². The number of H-pyrrole nitrogens is 1. The third-order valence-electron chi connectivity index (χ3n) is 5.38. The van der Waals surface area contributed by atoms with Gasteiger partial charge in [-0.15, -0.1) is 0 Å². The van der Waals surface area contributed by atoms with Crippen molar-refractivity contribution in [2.45, 2.75) is 31.7 Å². The maximum absolute atomic E-state index is 13.4. The monoisotopic (exact) mass is 338 g/mol. The van der Waals surface area contributed by atoms with Crippen molar-refractivity contribution in [2.24, 2.45) is 5.92 Å². The van der Waals surface area contributed by atoms with Crippen LogP contribution in [-0.2, 0) is 16.0 Å². The minimum atomic E-state index is -0.231. The highest BCUT2D eigenvalue weighted by atomic mass is 16.2. The molecule has 2 aliphatic heterocycles. The number of anilines is 1. The molecule has 2 amide bonds. The summed E-state index contributed by atoms with van der Waals surface area (Å²) in [6.07, 6.45) is 4.60. The smallest absolute Gasteiger partial charge is 0.232 e. The van der Waals surface area contributed by atoms with Crippen LogP contribution in [0.4, 0.5) is 5.69 Å². The zero-order valence-corrected chi connectivity index (χ0v) is 14.3. The second-order valence-electron chi connectivity index (χ2n) is 6.83. The van der Waals surface area contributed by atoms with E-state index in [0.717, 1.165) is 29.8 Å². The molecule has 1 fully saturated rings. The Morgan fingerprint density at radius 3 is 2.84 bits per heavy atom. The summed E-state index contributed by atoms with van der Waals surface area (Å²) in [7, 11) is 1.80. The molecule has 1 saturated heterocycles. The molecule has 0 spiro atoms. The maximum Gasteiger partial charge on any atom is 0.232 e. The van der Waals surface area contributed by atoms with Gasteiger partial charge >= 0.3 is 0 Å². The summed E-state index contributed by atoms with van der Waals surface area (Å²) < 4.78 is 0. The summed E-state index contributed by atoms with van der Waals surface area (Å²) in [5.41, 5.74) is 2.93. The Hall–Kier alpha value is -2.63. The first-order valence-corrected chi connectivity index (χ1v) is 8.81. The molecule has 6 heteroatoms. The largest absolute Gasteiger partial charge is 0.338 e. The predicted octanol–water partition coefficient (Wildman–Crippen LogP) is 2.30. The molecule has 1 aromatic carbocycles. The number of hydrogen-bond donors (Lipinski definition) is 1. The number of rotatable bonds is 2. The summed E-state index contributed by atoms with van der Waals surface area (Å²) in [6.45, 7) is 0.709. The van der Waals surface area contributed by atoms with Crippen LogP contribution >= 0.6 is 0 Å². The standard InChI is InChI=1S/C19H22N4O2/c1-22-17(24)10-9-14(18(22)13-6-3-2-4-7-13)19(25)23-11-5-8-15-16(23)12-20-21-15/h2-4,6-7,12,14,18H,5,8-11H2,1H3,(H,20,21). The van der Waals surface area contributed by atoms with Crippen molar-refractivity contribution in [2.75, 3.05) is 18.5 Å². The van der Waals surface area contributed by atoms with Crippen LogP contribution in [0.3, 0.4) is 0 Å². The highest BCUT2D eigenvalue weighted by Gasteiger charge is 2.41. The number of aryl methyl sites for hydroxylation is 1. The number of aromatic nitrogens is 2. The third kappa shape index (κ3) is 2.71. The van der Waals surface area contributed by atoms with Gasteiger partial charge in [-0.1, -0.05) is 30.3 Å². The van der Waals surface area contributed by atoms with Crippen LogP contribution in [0.1, 0.15) is 36.6 Å². The van der Waals surface area contributed by atoms with E-state index < -0.39 is 0 Å². The van der Waals surface area contributed by atoms with Crippen molar-refractivity contribution in [1.29, 1.82) is 0 Å². The lowest BCUT2D eigenvalue weighted by Crippen LogP contribution is -2.48. The lowest BCUT2D eigenvalue weighted by molar-refractivity contribution is -0.140. The molecule has 4 rings (SSSR count). The highest BCUT2D eigenvalue weighted by molar-refractivity contribution is 5.97. The van der Waals surface area contributed by atoms with Crippen LogP contribution in [0, 0.1) is 5.92 Å². The summed E-state index contributed by atoms with van der Waals surface area (Å²) in [5.74, 6) is -0.0398. The molecule has 1 N–H and O–H groups in total. The minimum absolute atomic E-state index is 0.0931. The number of likely N-dealkylation sites (tertiary alicyclic amines) is 1. The Morgan fingerprint density at radius 1 is 1.24 bits per heavy atom. The van der Waals surface area contributed by atoms with Gasteiger partial charge in [-0.3, -0.25) is 14.7 Å². The Kier molecular flexibility index (Phi) is 4.03. The van der Waals surface area contributed by atoms with Gasteiger partial charge in [-0.05, 0) is 24.8 Å². The number of benzene rings is 1. The Labute approximate surface area is 146 Å². The molecule has 2 unspecified atom stereocenters. The van der Waals surface area contributed by atoms with E-state index in [0.29, 0.717) is 19.4 Å². The van der Waals surface area contributed by atoms with Crippen molar-refractivity contribution in [3.8, 4) is 0 Å². The molecule has 0 bridgehead atoms. The van der Waals surface area contributed by atoms with E-state index in [1.54, 1.807) is 18.1 Å². The number of hydrogen-bond acceptors (Lipinski definition) is 3. The van der Waals surface area contributed by atoms with E-state index in [1.807, 2.05) is 35.2 Å². The van der Waals surface area contributed by atoms with Crippen molar-refractivity contribution in [1.82, 2.24) is 15.1 Å². The van der Waals surface area contributed by atoms with Crippen LogP contribution in [-0.4, -0.2) is 40.5 Å². The van der Waals surface area contributed by atoms with Crippen molar-refractivity contribution in [3.63, 3.8) is 0 Å². The molecule has 0 saturated carbocycles. The number of amides is 2. The number of piperidine rings is 1. The molecule has 6 nitrogen and oxygen atoms in total. The second kappa shape index (κ2) is 6.35. The maximum atomic E-state index is 13.4. The Morgan fingerprint density at radius 2 is 2.04 bits per heavy atom. The zero-order chi connectivity index (χ0) is 17.4. The van der Waals surface area contributed by atoms with Crippen molar-refractivity contribution in [3.05, 3.63) is 47.8 Å². The molecular weight excluding hydrogens is 316 g/mol. The first-order valence-electron chi connectivity index (χ1n) is 8.81. The number of fused-ring (bicyclic) bond motifs is 1. The minimum Gasteiger partial charge on any atom is -0.338 e. The fourth-order valence-corrected chi connectivity index (χ4v) is 4.09. The molecule has 2 aromatic rings. The average Bonchev–Trinajstić information content (AvgIpc) is 3.12. The van der Waals surface area contributed by atoms with Crippen LogP contribution in [0.5, 0.6) is 0 Å². The molecule has 1 aromatic heterocycles. The van der Waals surface area contributed by atoms with Gasteiger partial charge in [-0.2, -0.15) is 5.10 Å². The lowest BCUT2D eigenvalue weighted by Gasteiger charge is -2.41. The van der Waals surface area contributed by atoms with Gasteiger partial charge in [0.15, 0.2) is 0 Å². The molecule has 2 atom stereocenters. The van der Waals surface area contributed by atoms with Gasteiger partial charge in [0, 0.05) is 20.0 Å². The quantitative estimate of drug-likeness (QED) is 0.913. The highest BCUT2D eigenvalue weighted by Crippen LogP contribution is 2.38. The molecular formula is C19H22N4O2. The summed E-state index contributed by atoms with van der Waals surface area (Å²) in [4.78, 5) is 29.3. The van der Waals surface area contributed by atoms with E-state index >= 15 is 0 Å². The van der Waals surface area contributed by atoms with E-state index in [4.69, 9.17) is 0 Å². The number of carbonyl (C=O) groups is 2. The number of carbonyl (C=O) groups excluding carboxylic acids is 2.